The van der Waals surface area contributed by atoms with Gasteiger partial charge in [-0.15, -0.1) is 0 Å². The minimum atomic E-state index is -0.364. The highest BCUT2D eigenvalue weighted by atomic mass is 19.1. The summed E-state index contributed by atoms with van der Waals surface area (Å²) in [5.41, 5.74) is 2.06. The van der Waals surface area contributed by atoms with Crippen LogP contribution in [0.4, 0.5) is 10.1 Å². The van der Waals surface area contributed by atoms with Crippen molar-refractivity contribution in [2.24, 2.45) is 7.05 Å². The highest BCUT2D eigenvalue weighted by Crippen LogP contribution is 2.22. The number of amides is 2. The lowest BCUT2D eigenvalue weighted by atomic mass is 10.2. The number of halogens is 1. The van der Waals surface area contributed by atoms with Crippen molar-refractivity contribution >= 4 is 28.4 Å². The SMILES string of the molecule is CNC(=O)c1ccc(NC(=O)c2cc3c(F)cccc3n2C)cc1. The van der Waals surface area contributed by atoms with Gasteiger partial charge in [0.15, 0.2) is 0 Å². The molecule has 0 saturated heterocycles. The number of rotatable bonds is 3. The number of carbonyl (C=O) groups excluding carboxylic acids is 2. The van der Waals surface area contributed by atoms with Gasteiger partial charge in [0.25, 0.3) is 11.8 Å². The Balaban J connectivity index is 1.86. The van der Waals surface area contributed by atoms with Crippen LogP contribution in [0, 0.1) is 5.82 Å². The number of carbonyl (C=O) groups is 2. The molecule has 0 bridgehead atoms. The van der Waals surface area contributed by atoms with Gasteiger partial charge in [0.1, 0.15) is 11.5 Å². The Morgan fingerprint density at radius 1 is 1.04 bits per heavy atom. The number of aryl methyl sites for hydroxylation is 1. The van der Waals surface area contributed by atoms with Crippen molar-refractivity contribution in [3.63, 3.8) is 0 Å². The van der Waals surface area contributed by atoms with E-state index in [0.29, 0.717) is 27.8 Å². The van der Waals surface area contributed by atoms with Crippen LogP contribution in [0.1, 0.15) is 20.8 Å². The zero-order valence-corrected chi connectivity index (χ0v) is 13.3. The topological polar surface area (TPSA) is 63.1 Å². The lowest BCUT2D eigenvalue weighted by molar-refractivity contribution is 0.0962. The quantitative estimate of drug-likeness (QED) is 0.778. The summed E-state index contributed by atoms with van der Waals surface area (Å²) in [5, 5.41) is 5.68. The Morgan fingerprint density at radius 3 is 2.38 bits per heavy atom. The molecular formula is C18H16FN3O2. The first-order valence-corrected chi connectivity index (χ1v) is 7.38. The first kappa shape index (κ1) is 15.7. The third-order valence-corrected chi connectivity index (χ3v) is 3.90. The molecule has 1 heterocycles. The zero-order valence-electron chi connectivity index (χ0n) is 13.3. The maximum Gasteiger partial charge on any atom is 0.272 e. The summed E-state index contributed by atoms with van der Waals surface area (Å²) in [7, 11) is 3.27. The van der Waals surface area contributed by atoms with E-state index < -0.39 is 0 Å². The molecule has 1 aromatic heterocycles. The normalized spacial score (nSPS) is 10.6. The van der Waals surface area contributed by atoms with Gasteiger partial charge in [0.05, 0.1) is 5.52 Å². The van der Waals surface area contributed by atoms with Gasteiger partial charge < -0.3 is 15.2 Å². The van der Waals surface area contributed by atoms with Crippen molar-refractivity contribution in [2.45, 2.75) is 0 Å². The predicted octanol–water partition coefficient (Wildman–Crippen LogP) is 2.93. The molecule has 2 amide bonds. The number of nitrogens with zero attached hydrogens (tertiary/aromatic N) is 1. The van der Waals surface area contributed by atoms with Crippen LogP contribution in [0.5, 0.6) is 0 Å². The number of aromatic nitrogens is 1. The molecule has 3 rings (SSSR count). The van der Waals surface area contributed by atoms with E-state index in [1.165, 1.54) is 12.1 Å². The van der Waals surface area contributed by atoms with Crippen molar-refractivity contribution in [2.75, 3.05) is 12.4 Å². The van der Waals surface area contributed by atoms with E-state index in [2.05, 4.69) is 10.6 Å². The lowest BCUT2D eigenvalue weighted by Crippen LogP contribution is -2.18. The fraction of sp³-hybridized carbons (Fsp3) is 0.111. The fourth-order valence-electron chi connectivity index (χ4n) is 2.59. The molecule has 2 N–H and O–H groups in total. The standard InChI is InChI=1S/C18H16FN3O2/c1-20-17(23)11-6-8-12(9-7-11)21-18(24)16-10-13-14(19)4-3-5-15(13)22(16)2/h3-10H,1-2H3,(H,20,23)(H,21,24). The van der Waals surface area contributed by atoms with Gasteiger partial charge in [-0.1, -0.05) is 6.07 Å². The van der Waals surface area contributed by atoms with Gasteiger partial charge in [0, 0.05) is 30.7 Å². The first-order chi connectivity index (χ1) is 11.5. The molecule has 0 saturated carbocycles. The minimum Gasteiger partial charge on any atom is -0.355 e. The summed E-state index contributed by atoms with van der Waals surface area (Å²) in [4.78, 5) is 24.0. The number of fused-ring (bicyclic) bond motifs is 1. The molecule has 0 fully saturated rings. The van der Waals surface area contributed by atoms with E-state index in [0.717, 1.165) is 0 Å². The Kier molecular flexibility index (Phi) is 4.04. The smallest absolute Gasteiger partial charge is 0.272 e. The van der Waals surface area contributed by atoms with Gasteiger partial charge in [-0.25, -0.2) is 4.39 Å². The second-order valence-electron chi connectivity index (χ2n) is 5.37. The van der Waals surface area contributed by atoms with E-state index in [1.807, 2.05) is 0 Å². The largest absolute Gasteiger partial charge is 0.355 e. The summed E-state index contributed by atoms with van der Waals surface area (Å²) in [6.45, 7) is 0. The van der Waals surface area contributed by atoms with Crippen molar-refractivity contribution in [3.8, 4) is 0 Å². The Bertz CT molecular complexity index is 929. The van der Waals surface area contributed by atoms with Crippen LogP contribution in [0.2, 0.25) is 0 Å². The lowest BCUT2D eigenvalue weighted by Gasteiger charge is -2.07. The highest BCUT2D eigenvalue weighted by molar-refractivity contribution is 6.06. The number of nitrogens with one attached hydrogen (secondary N) is 2. The van der Waals surface area contributed by atoms with Crippen molar-refractivity contribution in [1.82, 2.24) is 9.88 Å². The second kappa shape index (κ2) is 6.16. The van der Waals surface area contributed by atoms with Crippen LogP contribution in [-0.4, -0.2) is 23.4 Å². The van der Waals surface area contributed by atoms with Crippen LogP contribution < -0.4 is 10.6 Å². The van der Waals surface area contributed by atoms with E-state index in [4.69, 9.17) is 0 Å². The Hall–Kier alpha value is -3.15. The van der Waals surface area contributed by atoms with Gasteiger partial charge in [-0.3, -0.25) is 9.59 Å². The molecule has 2 aromatic carbocycles. The van der Waals surface area contributed by atoms with Crippen molar-refractivity contribution < 1.29 is 14.0 Å². The van der Waals surface area contributed by atoms with Crippen LogP contribution in [0.3, 0.4) is 0 Å². The summed E-state index contributed by atoms with van der Waals surface area (Å²) in [5.74, 6) is -0.907. The summed E-state index contributed by atoms with van der Waals surface area (Å²) < 4.78 is 15.5. The number of benzene rings is 2. The molecule has 122 valence electrons. The first-order valence-electron chi connectivity index (χ1n) is 7.38. The second-order valence-corrected chi connectivity index (χ2v) is 5.37. The zero-order chi connectivity index (χ0) is 17.3. The molecule has 3 aromatic rings. The Labute approximate surface area is 138 Å². The van der Waals surface area contributed by atoms with Crippen molar-refractivity contribution in [1.29, 1.82) is 0 Å². The van der Waals surface area contributed by atoms with Crippen LogP contribution >= 0.6 is 0 Å². The fourth-order valence-corrected chi connectivity index (χ4v) is 2.59. The number of hydrogen-bond acceptors (Lipinski definition) is 2. The average Bonchev–Trinajstić information content (AvgIpc) is 2.93. The molecule has 0 aliphatic carbocycles. The van der Waals surface area contributed by atoms with Crippen LogP contribution in [-0.2, 0) is 7.05 Å². The van der Waals surface area contributed by atoms with Gasteiger partial charge in [0.2, 0.25) is 0 Å². The predicted molar refractivity (Wildman–Crippen MR) is 90.7 cm³/mol. The Morgan fingerprint density at radius 2 is 1.75 bits per heavy atom. The van der Waals surface area contributed by atoms with Crippen LogP contribution in [0.15, 0.2) is 48.5 Å². The number of anilines is 1. The molecule has 0 aliphatic rings. The highest BCUT2D eigenvalue weighted by Gasteiger charge is 2.15. The molecule has 0 radical (unpaired) electrons. The van der Waals surface area contributed by atoms with Gasteiger partial charge in [-0.2, -0.15) is 0 Å². The maximum absolute atomic E-state index is 13.8. The van der Waals surface area contributed by atoms with E-state index >= 15 is 0 Å². The third kappa shape index (κ3) is 2.74. The van der Waals surface area contributed by atoms with Crippen LogP contribution in [0.25, 0.3) is 10.9 Å². The minimum absolute atomic E-state index is 0.197. The summed E-state index contributed by atoms with van der Waals surface area (Å²) in [6.07, 6.45) is 0. The number of hydrogen-bond donors (Lipinski definition) is 2. The van der Waals surface area contributed by atoms with Gasteiger partial charge in [-0.05, 0) is 42.5 Å². The molecule has 0 aliphatic heterocycles. The molecular weight excluding hydrogens is 309 g/mol. The van der Waals surface area contributed by atoms with Crippen molar-refractivity contribution in [3.05, 3.63) is 65.6 Å². The molecule has 0 spiro atoms. The monoisotopic (exact) mass is 325 g/mol. The maximum atomic E-state index is 13.8. The molecule has 0 unspecified atom stereocenters. The van der Waals surface area contributed by atoms with Gasteiger partial charge >= 0.3 is 0 Å². The molecule has 24 heavy (non-hydrogen) atoms. The molecule has 0 atom stereocenters. The summed E-state index contributed by atoms with van der Waals surface area (Å²) >= 11 is 0. The molecule has 6 heteroatoms. The van der Waals surface area contributed by atoms with E-state index in [1.54, 1.807) is 55.1 Å². The molecule has 5 nitrogen and oxygen atoms in total. The summed E-state index contributed by atoms with van der Waals surface area (Å²) in [6, 6.07) is 12.8. The third-order valence-electron chi connectivity index (χ3n) is 3.90. The van der Waals surface area contributed by atoms with E-state index in [-0.39, 0.29) is 17.6 Å². The average molecular weight is 325 g/mol. The van der Waals surface area contributed by atoms with E-state index in [9.17, 15) is 14.0 Å².